The molecule has 1 nitrogen and oxygen atoms in total. The molecule has 0 aliphatic heterocycles. The van der Waals surface area contributed by atoms with E-state index in [-0.39, 0.29) is 0 Å². The van der Waals surface area contributed by atoms with Crippen LogP contribution in [0.15, 0.2) is 0 Å². The molecule has 0 aromatic carbocycles. The second-order valence-electron chi connectivity index (χ2n) is 5.35. The normalized spacial score (nSPS) is 49.6. The summed E-state index contributed by atoms with van der Waals surface area (Å²) in [4.78, 5) is 10.9. The van der Waals surface area contributed by atoms with Gasteiger partial charge in [0.15, 0.2) is 0 Å². The van der Waals surface area contributed by atoms with Crippen molar-refractivity contribution < 1.29 is 4.79 Å². The fourth-order valence-electron chi connectivity index (χ4n) is 3.47. The lowest BCUT2D eigenvalue weighted by Gasteiger charge is -2.37. The molecular formula is C11H18O. The Balaban J connectivity index is 2.39. The molecule has 0 saturated heterocycles. The van der Waals surface area contributed by atoms with Crippen molar-refractivity contribution in [1.82, 2.24) is 0 Å². The number of rotatable bonds is 1. The monoisotopic (exact) mass is 166 g/mol. The summed E-state index contributed by atoms with van der Waals surface area (Å²) in [6, 6.07) is 0. The van der Waals surface area contributed by atoms with Crippen molar-refractivity contribution in [1.29, 1.82) is 0 Å². The van der Waals surface area contributed by atoms with E-state index in [0.717, 1.165) is 12.3 Å². The second kappa shape index (κ2) is 2.12. The lowest BCUT2D eigenvalue weighted by molar-refractivity contribution is -0.115. The van der Waals surface area contributed by atoms with E-state index in [0.29, 0.717) is 16.7 Å². The van der Waals surface area contributed by atoms with Gasteiger partial charge in [-0.3, -0.25) is 0 Å². The SMILES string of the molecule is CC1(C)[C@@H]2CC[C@]1(C)C(C=O)C2. The molecule has 1 unspecified atom stereocenters. The minimum atomic E-state index is 0.305. The summed E-state index contributed by atoms with van der Waals surface area (Å²) in [6.07, 6.45) is 4.94. The lowest BCUT2D eigenvalue weighted by atomic mass is 9.67. The topological polar surface area (TPSA) is 17.1 Å². The molecule has 12 heavy (non-hydrogen) atoms. The predicted molar refractivity (Wildman–Crippen MR) is 48.8 cm³/mol. The maximum absolute atomic E-state index is 10.9. The third-order valence-electron chi connectivity index (χ3n) is 5.03. The number of carbonyl (C=O) groups is 1. The summed E-state index contributed by atoms with van der Waals surface area (Å²) >= 11 is 0. The van der Waals surface area contributed by atoms with Gasteiger partial charge in [0.05, 0.1) is 0 Å². The molecule has 0 spiro atoms. The van der Waals surface area contributed by atoms with Gasteiger partial charge in [-0.25, -0.2) is 0 Å². The smallest absolute Gasteiger partial charge is 0.123 e. The largest absolute Gasteiger partial charge is 0.303 e. The van der Waals surface area contributed by atoms with E-state index in [1.165, 1.54) is 19.1 Å². The van der Waals surface area contributed by atoms with Gasteiger partial charge in [0, 0.05) is 5.92 Å². The fraction of sp³-hybridized carbons (Fsp3) is 0.909. The van der Waals surface area contributed by atoms with Crippen LogP contribution < -0.4 is 0 Å². The molecule has 0 N–H and O–H groups in total. The van der Waals surface area contributed by atoms with Crippen LogP contribution in [0.2, 0.25) is 0 Å². The highest BCUT2D eigenvalue weighted by Gasteiger charge is 2.60. The summed E-state index contributed by atoms with van der Waals surface area (Å²) in [5, 5.41) is 0. The Hall–Kier alpha value is -0.330. The standard InChI is InChI=1S/C11H18O/c1-10(2)8-4-5-11(10,3)9(6-8)7-12/h7-9H,4-6H2,1-3H3/t8-,9?,11-/m1/s1. The van der Waals surface area contributed by atoms with Gasteiger partial charge < -0.3 is 4.79 Å². The average molecular weight is 166 g/mol. The van der Waals surface area contributed by atoms with Crippen molar-refractivity contribution in [2.24, 2.45) is 22.7 Å². The van der Waals surface area contributed by atoms with Crippen LogP contribution in [-0.4, -0.2) is 6.29 Å². The number of carbonyl (C=O) groups excluding carboxylic acids is 1. The van der Waals surface area contributed by atoms with Crippen LogP contribution in [0, 0.1) is 22.7 Å². The molecule has 1 heteroatoms. The van der Waals surface area contributed by atoms with Crippen LogP contribution >= 0.6 is 0 Å². The highest BCUT2D eigenvalue weighted by Crippen LogP contribution is 2.67. The quantitative estimate of drug-likeness (QED) is 0.547. The number of aldehydes is 1. The van der Waals surface area contributed by atoms with Crippen molar-refractivity contribution in [2.45, 2.75) is 40.0 Å². The molecule has 3 atom stereocenters. The van der Waals surface area contributed by atoms with Gasteiger partial charge in [0.1, 0.15) is 6.29 Å². The van der Waals surface area contributed by atoms with Crippen LogP contribution in [0.5, 0.6) is 0 Å². The molecule has 0 aromatic heterocycles. The van der Waals surface area contributed by atoms with E-state index in [2.05, 4.69) is 20.8 Å². The highest BCUT2D eigenvalue weighted by atomic mass is 16.1. The average Bonchev–Trinajstić information content (AvgIpc) is 2.34. The van der Waals surface area contributed by atoms with E-state index in [9.17, 15) is 4.79 Å². The molecule has 2 fully saturated rings. The fourth-order valence-corrected chi connectivity index (χ4v) is 3.47. The zero-order chi connectivity index (χ0) is 8.98. The van der Waals surface area contributed by atoms with Gasteiger partial charge in [-0.15, -0.1) is 0 Å². The van der Waals surface area contributed by atoms with Crippen molar-refractivity contribution in [3.8, 4) is 0 Å². The zero-order valence-corrected chi connectivity index (χ0v) is 8.26. The molecule has 0 heterocycles. The van der Waals surface area contributed by atoms with Gasteiger partial charge in [0.25, 0.3) is 0 Å². The summed E-state index contributed by atoms with van der Waals surface area (Å²) in [5.41, 5.74) is 0.706. The van der Waals surface area contributed by atoms with Gasteiger partial charge in [-0.2, -0.15) is 0 Å². The van der Waals surface area contributed by atoms with Crippen LogP contribution in [0.1, 0.15) is 40.0 Å². The maximum atomic E-state index is 10.9. The van der Waals surface area contributed by atoms with Crippen LogP contribution in [0.3, 0.4) is 0 Å². The van der Waals surface area contributed by atoms with Crippen molar-refractivity contribution in [3.05, 3.63) is 0 Å². The molecule has 68 valence electrons. The molecule has 0 radical (unpaired) electrons. The molecule has 2 rings (SSSR count). The van der Waals surface area contributed by atoms with Crippen LogP contribution in [0.4, 0.5) is 0 Å². The van der Waals surface area contributed by atoms with Crippen LogP contribution in [-0.2, 0) is 4.79 Å². The molecule has 0 amide bonds. The van der Waals surface area contributed by atoms with Gasteiger partial charge in [-0.05, 0) is 36.0 Å². The Morgan fingerprint density at radius 3 is 2.25 bits per heavy atom. The Bertz CT molecular complexity index is 219. The molecule has 2 bridgehead atoms. The van der Waals surface area contributed by atoms with Gasteiger partial charge >= 0.3 is 0 Å². The number of hydrogen-bond acceptors (Lipinski definition) is 1. The first-order valence-electron chi connectivity index (χ1n) is 4.97. The van der Waals surface area contributed by atoms with Gasteiger partial charge in [0.2, 0.25) is 0 Å². The Morgan fingerprint density at radius 1 is 1.33 bits per heavy atom. The van der Waals surface area contributed by atoms with Gasteiger partial charge in [-0.1, -0.05) is 20.8 Å². The lowest BCUT2D eigenvalue weighted by Crippen LogP contribution is -2.32. The number of fused-ring (bicyclic) bond motifs is 2. The molecule has 2 aliphatic carbocycles. The molecule has 2 saturated carbocycles. The molecule has 2 aliphatic rings. The Morgan fingerprint density at radius 2 is 2.00 bits per heavy atom. The van der Waals surface area contributed by atoms with Crippen LogP contribution in [0.25, 0.3) is 0 Å². The first-order chi connectivity index (χ1) is 5.52. The third-order valence-corrected chi connectivity index (χ3v) is 5.03. The Kier molecular flexibility index (Phi) is 1.47. The maximum Gasteiger partial charge on any atom is 0.123 e. The summed E-state index contributed by atoms with van der Waals surface area (Å²) < 4.78 is 0. The van der Waals surface area contributed by atoms with E-state index in [4.69, 9.17) is 0 Å². The first-order valence-corrected chi connectivity index (χ1v) is 4.97. The minimum absolute atomic E-state index is 0.305. The summed E-state index contributed by atoms with van der Waals surface area (Å²) in [7, 11) is 0. The van der Waals surface area contributed by atoms with Crippen molar-refractivity contribution in [3.63, 3.8) is 0 Å². The second-order valence-corrected chi connectivity index (χ2v) is 5.35. The van der Waals surface area contributed by atoms with Crippen molar-refractivity contribution in [2.75, 3.05) is 0 Å². The predicted octanol–water partition coefficient (Wildman–Crippen LogP) is 2.65. The highest BCUT2D eigenvalue weighted by molar-refractivity contribution is 5.57. The van der Waals surface area contributed by atoms with E-state index >= 15 is 0 Å². The van der Waals surface area contributed by atoms with E-state index < -0.39 is 0 Å². The Labute approximate surface area is 74.5 Å². The molecular weight excluding hydrogens is 148 g/mol. The van der Waals surface area contributed by atoms with E-state index in [1.807, 2.05) is 0 Å². The molecule has 0 aromatic rings. The first kappa shape index (κ1) is 8.28. The summed E-state index contributed by atoms with van der Waals surface area (Å²) in [5.74, 6) is 1.14. The zero-order valence-electron chi connectivity index (χ0n) is 8.26. The summed E-state index contributed by atoms with van der Waals surface area (Å²) in [6.45, 7) is 6.99. The van der Waals surface area contributed by atoms with E-state index in [1.54, 1.807) is 0 Å². The number of hydrogen-bond donors (Lipinski definition) is 0. The van der Waals surface area contributed by atoms with Crippen molar-refractivity contribution >= 4 is 6.29 Å². The minimum Gasteiger partial charge on any atom is -0.303 e. The third kappa shape index (κ3) is 0.681.